The Hall–Kier alpha value is -1.42. The van der Waals surface area contributed by atoms with Gasteiger partial charge in [-0.05, 0) is 43.4 Å². The maximum atomic E-state index is 10.7. The fourth-order valence-corrected chi connectivity index (χ4v) is 2.60. The average molecular weight is 248 g/mol. The molecule has 2 rings (SSSR count). The molecule has 0 amide bonds. The first-order chi connectivity index (χ1) is 8.74. The molecule has 1 unspecified atom stereocenters. The molecule has 1 aromatic rings. The summed E-state index contributed by atoms with van der Waals surface area (Å²) >= 11 is 0. The second kappa shape index (κ2) is 6.50. The molecule has 0 aromatic carbocycles. The number of carbonyl (C=O) groups is 1. The number of likely N-dealkylation sites (tertiary alicyclic amines) is 1. The Balaban J connectivity index is 1.77. The van der Waals surface area contributed by atoms with Crippen LogP contribution in [0.15, 0.2) is 24.5 Å². The Morgan fingerprint density at radius 2 is 2.44 bits per heavy atom. The number of rotatable bonds is 5. The van der Waals surface area contributed by atoms with Crippen molar-refractivity contribution in [2.75, 3.05) is 19.6 Å². The van der Waals surface area contributed by atoms with E-state index in [1.54, 1.807) is 6.20 Å². The van der Waals surface area contributed by atoms with Crippen LogP contribution in [0.2, 0.25) is 0 Å². The van der Waals surface area contributed by atoms with Gasteiger partial charge < -0.3 is 10.0 Å². The van der Waals surface area contributed by atoms with Crippen LogP contribution in [0.5, 0.6) is 0 Å². The molecule has 98 valence electrons. The highest BCUT2D eigenvalue weighted by molar-refractivity contribution is 5.67. The van der Waals surface area contributed by atoms with Crippen molar-refractivity contribution in [3.8, 4) is 0 Å². The maximum Gasteiger partial charge on any atom is 0.303 e. The lowest BCUT2D eigenvalue weighted by Crippen LogP contribution is -2.37. The first kappa shape index (κ1) is 13.0. The number of aromatic nitrogens is 1. The van der Waals surface area contributed by atoms with Crippen LogP contribution in [0.25, 0.3) is 0 Å². The molecule has 0 aliphatic carbocycles. The second-order valence-corrected chi connectivity index (χ2v) is 5.02. The highest BCUT2D eigenvalue weighted by Gasteiger charge is 2.21. The number of hydrogen-bond donors (Lipinski definition) is 1. The maximum absolute atomic E-state index is 10.7. The monoisotopic (exact) mass is 248 g/mol. The van der Waals surface area contributed by atoms with E-state index in [0.717, 1.165) is 38.9 Å². The van der Waals surface area contributed by atoms with Crippen LogP contribution in [0.1, 0.15) is 24.8 Å². The van der Waals surface area contributed by atoms with E-state index in [1.807, 2.05) is 12.3 Å². The van der Waals surface area contributed by atoms with E-state index >= 15 is 0 Å². The van der Waals surface area contributed by atoms with Gasteiger partial charge in [-0.2, -0.15) is 0 Å². The zero-order chi connectivity index (χ0) is 12.8. The molecule has 1 saturated heterocycles. The van der Waals surface area contributed by atoms with Crippen LogP contribution < -0.4 is 0 Å². The second-order valence-electron chi connectivity index (χ2n) is 5.02. The van der Waals surface area contributed by atoms with E-state index in [1.165, 1.54) is 5.56 Å². The number of pyridine rings is 1. The Bertz CT molecular complexity index is 381. The van der Waals surface area contributed by atoms with E-state index in [0.29, 0.717) is 12.3 Å². The fraction of sp³-hybridized carbons (Fsp3) is 0.571. The summed E-state index contributed by atoms with van der Waals surface area (Å²) in [5, 5.41) is 8.83. The average Bonchev–Trinajstić information content (AvgIpc) is 2.37. The van der Waals surface area contributed by atoms with Crippen molar-refractivity contribution in [1.29, 1.82) is 0 Å². The molecule has 2 heterocycles. The van der Waals surface area contributed by atoms with Crippen LogP contribution in [0.3, 0.4) is 0 Å². The molecule has 0 bridgehead atoms. The molecule has 1 fully saturated rings. The molecule has 1 atom stereocenters. The molecule has 0 saturated carbocycles. The van der Waals surface area contributed by atoms with Crippen molar-refractivity contribution in [1.82, 2.24) is 9.88 Å². The quantitative estimate of drug-likeness (QED) is 0.863. The van der Waals surface area contributed by atoms with Gasteiger partial charge in [0.1, 0.15) is 0 Å². The van der Waals surface area contributed by atoms with Crippen molar-refractivity contribution in [3.05, 3.63) is 30.1 Å². The van der Waals surface area contributed by atoms with Gasteiger partial charge in [-0.3, -0.25) is 9.78 Å². The summed E-state index contributed by atoms with van der Waals surface area (Å²) in [4.78, 5) is 17.2. The van der Waals surface area contributed by atoms with E-state index in [2.05, 4.69) is 16.0 Å². The molecule has 0 radical (unpaired) electrons. The summed E-state index contributed by atoms with van der Waals surface area (Å²) in [5.74, 6) is -0.348. The number of carboxylic acids is 1. The summed E-state index contributed by atoms with van der Waals surface area (Å²) in [7, 11) is 0. The van der Waals surface area contributed by atoms with Crippen molar-refractivity contribution >= 4 is 5.97 Å². The van der Waals surface area contributed by atoms with Crippen molar-refractivity contribution < 1.29 is 9.90 Å². The minimum Gasteiger partial charge on any atom is -0.481 e. The normalized spacial score (nSPS) is 20.8. The first-order valence-corrected chi connectivity index (χ1v) is 6.57. The molecular formula is C14H20N2O2. The Labute approximate surface area is 108 Å². The lowest BCUT2D eigenvalue weighted by molar-refractivity contribution is -0.138. The van der Waals surface area contributed by atoms with Crippen LogP contribution in [-0.2, 0) is 11.2 Å². The minimum absolute atomic E-state index is 0.309. The molecule has 1 aliphatic heterocycles. The van der Waals surface area contributed by atoms with E-state index < -0.39 is 5.97 Å². The van der Waals surface area contributed by atoms with Gasteiger partial charge >= 0.3 is 5.97 Å². The Morgan fingerprint density at radius 1 is 1.56 bits per heavy atom. The summed E-state index contributed by atoms with van der Waals surface area (Å²) in [6.45, 7) is 3.02. The van der Waals surface area contributed by atoms with Crippen molar-refractivity contribution in [2.45, 2.75) is 25.7 Å². The van der Waals surface area contributed by atoms with Gasteiger partial charge in [-0.1, -0.05) is 6.07 Å². The van der Waals surface area contributed by atoms with Crippen molar-refractivity contribution in [3.63, 3.8) is 0 Å². The van der Waals surface area contributed by atoms with Crippen LogP contribution in [0, 0.1) is 5.92 Å². The number of hydrogen-bond acceptors (Lipinski definition) is 3. The smallest absolute Gasteiger partial charge is 0.303 e. The third kappa shape index (κ3) is 4.11. The van der Waals surface area contributed by atoms with Crippen LogP contribution in [-0.4, -0.2) is 40.6 Å². The van der Waals surface area contributed by atoms with Crippen LogP contribution >= 0.6 is 0 Å². The van der Waals surface area contributed by atoms with Crippen molar-refractivity contribution in [2.24, 2.45) is 5.92 Å². The lowest BCUT2D eigenvalue weighted by Gasteiger charge is -2.32. The number of piperidine rings is 1. The molecular weight excluding hydrogens is 228 g/mol. The van der Waals surface area contributed by atoms with Gasteiger partial charge in [0.2, 0.25) is 0 Å². The highest BCUT2D eigenvalue weighted by Crippen LogP contribution is 2.19. The summed E-state index contributed by atoms with van der Waals surface area (Å²) in [6.07, 6.45) is 7.16. The van der Waals surface area contributed by atoms with Gasteiger partial charge in [0, 0.05) is 31.9 Å². The Kier molecular flexibility index (Phi) is 4.70. The first-order valence-electron chi connectivity index (χ1n) is 6.57. The summed E-state index contributed by atoms with van der Waals surface area (Å²) in [6, 6.07) is 4.05. The number of nitrogens with zero attached hydrogens (tertiary/aromatic N) is 2. The number of aliphatic carboxylic acids is 1. The van der Waals surface area contributed by atoms with E-state index in [-0.39, 0.29) is 0 Å². The Morgan fingerprint density at radius 3 is 3.17 bits per heavy atom. The third-order valence-corrected chi connectivity index (χ3v) is 3.51. The third-order valence-electron chi connectivity index (χ3n) is 3.51. The van der Waals surface area contributed by atoms with Crippen LogP contribution in [0.4, 0.5) is 0 Å². The van der Waals surface area contributed by atoms with E-state index in [9.17, 15) is 4.79 Å². The van der Waals surface area contributed by atoms with E-state index in [4.69, 9.17) is 5.11 Å². The predicted molar refractivity (Wildman–Crippen MR) is 69.4 cm³/mol. The van der Waals surface area contributed by atoms with Gasteiger partial charge in [-0.15, -0.1) is 0 Å². The molecule has 4 heteroatoms. The summed E-state index contributed by atoms with van der Waals surface area (Å²) < 4.78 is 0. The fourth-order valence-electron chi connectivity index (χ4n) is 2.60. The molecule has 1 N–H and O–H groups in total. The largest absolute Gasteiger partial charge is 0.481 e. The molecule has 0 spiro atoms. The SMILES string of the molecule is O=C(O)CC1CCCN(CCc2cccnc2)C1. The molecule has 4 nitrogen and oxygen atoms in total. The molecule has 1 aliphatic rings. The molecule has 1 aromatic heterocycles. The van der Waals surface area contributed by atoms with Gasteiger partial charge in [-0.25, -0.2) is 0 Å². The topological polar surface area (TPSA) is 53.4 Å². The molecule has 18 heavy (non-hydrogen) atoms. The zero-order valence-corrected chi connectivity index (χ0v) is 10.6. The zero-order valence-electron chi connectivity index (χ0n) is 10.6. The minimum atomic E-state index is -0.672. The number of carboxylic acid groups (broad SMARTS) is 1. The van der Waals surface area contributed by atoms with Gasteiger partial charge in [0.05, 0.1) is 0 Å². The highest BCUT2D eigenvalue weighted by atomic mass is 16.4. The summed E-state index contributed by atoms with van der Waals surface area (Å²) in [5.41, 5.74) is 1.25. The van der Waals surface area contributed by atoms with Gasteiger partial charge in [0.25, 0.3) is 0 Å². The predicted octanol–water partition coefficient (Wildman–Crippen LogP) is 1.81. The lowest BCUT2D eigenvalue weighted by atomic mass is 9.94. The van der Waals surface area contributed by atoms with Gasteiger partial charge in [0.15, 0.2) is 0 Å². The standard InChI is InChI=1S/C14H20N2O2/c17-14(18)9-13-4-2-7-16(11-13)8-5-12-3-1-6-15-10-12/h1,3,6,10,13H,2,4-5,7-9,11H2,(H,17,18).